The third-order valence-corrected chi connectivity index (χ3v) is 3.16. The lowest BCUT2D eigenvalue weighted by atomic mass is 10.1. The van der Waals surface area contributed by atoms with Crippen LogP contribution in [0.5, 0.6) is 0 Å². The van der Waals surface area contributed by atoms with Crippen molar-refractivity contribution in [3.05, 3.63) is 29.3 Å². The molecule has 6 nitrogen and oxygen atoms in total. The minimum atomic E-state index is -0.712. The number of hydrogen-bond donors (Lipinski definition) is 4. The summed E-state index contributed by atoms with van der Waals surface area (Å²) in [6.45, 7) is 1.36. The zero-order valence-electron chi connectivity index (χ0n) is 9.91. The number of nitrogen functional groups attached to an aromatic ring is 1. The van der Waals surface area contributed by atoms with Crippen molar-refractivity contribution in [3.63, 3.8) is 0 Å². The monoisotopic (exact) mass is 251 g/mol. The standard InChI is InChI=1S/C12H17N3O3/c13-9-3-7(12(14)18)1-2-8(9)4-15-5-10(16)11(17)6-15/h1-3,10-11,16-17H,4-6,13H2,(H2,14,18). The van der Waals surface area contributed by atoms with Crippen LogP contribution in [0.3, 0.4) is 0 Å². The quantitative estimate of drug-likeness (QED) is 0.510. The summed E-state index contributed by atoms with van der Waals surface area (Å²) in [6.07, 6.45) is -1.42. The second-order valence-electron chi connectivity index (χ2n) is 4.61. The van der Waals surface area contributed by atoms with E-state index < -0.39 is 18.1 Å². The highest BCUT2D eigenvalue weighted by Gasteiger charge is 2.29. The molecule has 1 aliphatic rings. The highest BCUT2D eigenvalue weighted by atomic mass is 16.3. The van der Waals surface area contributed by atoms with E-state index in [1.165, 1.54) is 0 Å². The number of rotatable bonds is 3. The van der Waals surface area contributed by atoms with Crippen LogP contribution in [0.1, 0.15) is 15.9 Å². The van der Waals surface area contributed by atoms with Gasteiger partial charge in [0.2, 0.25) is 5.91 Å². The number of carbonyl (C=O) groups excluding carboxylic acids is 1. The van der Waals surface area contributed by atoms with Gasteiger partial charge in [0.25, 0.3) is 0 Å². The molecule has 98 valence electrons. The second-order valence-corrected chi connectivity index (χ2v) is 4.61. The first kappa shape index (κ1) is 12.8. The Balaban J connectivity index is 2.08. The van der Waals surface area contributed by atoms with E-state index >= 15 is 0 Å². The molecule has 6 heteroatoms. The fourth-order valence-corrected chi connectivity index (χ4v) is 2.11. The number of aliphatic hydroxyl groups is 2. The molecular weight excluding hydrogens is 234 g/mol. The molecule has 1 aromatic rings. The van der Waals surface area contributed by atoms with Crippen LogP contribution in [0.4, 0.5) is 5.69 Å². The van der Waals surface area contributed by atoms with Crippen LogP contribution in [0.15, 0.2) is 18.2 Å². The molecule has 2 atom stereocenters. The number of nitrogens with two attached hydrogens (primary N) is 2. The largest absolute Gasteiger partial charge is 0.398 e. The Morgan fingerprint density at radius 2 is 1.94 bits per heavy atom. The van der Waals surface area contributed by atoms with E-state index in [2.05, 4.69) is 0 Å². The average Bonchev–Trinajstić information content (AvgIpc) is 2.61. The maximum atomic E-state index is 11.0. The Hall–Kier alpha value is -1.63. The molecule has 18 heavy (non-hydrogen) atoms. The third-order valence-electron chi connectivity index (χ3n) is 3.16. The van der Waals surface area contributed by atoms with Gasteiger partial charge in [0.05, 0.1) is 12.2 Å². The van der Waals surface area contributed by atoms with E-state index in [4.69, 9.17) is 11.5 Å². The van der Waals surface area contributed by atoms with Gasteiger partial charge >= 0.3 is 0 Å². The molecule has 1 aromatic carbocycles. The number of amides is 1. The molecular formula is C12H17N3O3. The Morgan fingerprint density at radius 1 is 1.33 bits per heavy atom. The van der Waals surface area contributed by atoms with Gasteiger partial charge in [0.1, 0.15) is 0 Å². The lowest BCUT2D eigenvalue weighted by Crippen LogP contribution is -2.22. The molecule has 0 aliphatic carbocycles. The zero-order chi connectivity index (χ0) is 13.3. The second kappa shape index (κ2) is 4.93. The van der Waals surface area contributed by atoms with E-state index in [1.807, 2.05) is 4.90 Å². The van der Waals surface area contributed by atoms with Crippen LogP contribution in [-0.4, -0.2) is 46.3 Å². The summed E-state index contributed by atoms with van der Waals surface area (Å²) in [5, 5.41) is 18.9. The number of anilines is 1. The summed E-state index contributed by atoms with van der Waals surface area (Å²) in [4.78, 5) is 12.9. The minimum Gasteiger partial charge on any atom is -0.398 e. The highest BCUT2D eigenvalue weighted by molar-refractivity contribution is 5.93. The Kier molecular flexibility index (Phi) is 3.51. The number of nitrogens with zero attached hydrogens (tertiary/aromatic N) is 1. The molecule has 0 aromatic heterocycles. The SMILES string of the molecule is NC(=O)c1ccc(CN2CC(O)C(O)C2)c(N)c1. The van der Waals surface area contributed by atoms with E-state index in [9.17, 15) is 15.0 Å². The molecule has 0 bridgehead atoms. The van der Waals surface area contributed by atoms with Gasteiger partial charge in [-0.05, 0) is 17.7 Å². The maximum absolute atomic E-state index is 11.0. The minimum absolute atomic E-state index is 0.373. The number of aliphatic hydroxyl groups excluding tert-OH is 2. The van der Waals surface area contributed by atoms with Gasteiger partial charge in [0, 0.05) is 30.9 Å². The van der Waals surface area contributed by atoms with E-state index in [0.29, 0.717) is 30.9 Å². The van der Waals surface area contributed by atoms with Crippen molar-refractivity contribution in [1.29, 1.82) is 0 Å². The van der Waals surface area contributed by atoms with Gasteiger partial charge in [-0.15, -0.1) is 0 Å². The van der Waals surface area contributed by atoms with Crippen molar-refractivity contribution in [3.8, 4) is 0 Å². The summed E-state index contributed by atoms with van der Waals surface area (Å²) in [6, 6.07) is 4.91. The third kappa shape index (κ3) is 2.61. The van der Waals surface area contributed by atoms with Crippen molar-refractivity contribution < 1.29 is 15.0 Å². The molecule has 0 radical (unpaired) electrons. The first-order chi connectivity index (χ1) is 8.47. The fourth-order valence-electron chi connectivity index (χ4n) is 2.11. The number of hydrogen-bond acceptors (Lipinski definition) is 5. The maximum Gasteiger partial charge on any atom is 0.248 e. The number of β-amino-alcohol motifs (C(OH)–C–C–N with tert-alkyl or cyclic N) is 2. The molecule has 0 saturated carbocycles. The van der Waals surface area contributed by atoms with Crippen LogP contribution < -0.4 is 11.5 Å². The van der Waals surface area contributed by atoms with Crippen molar-refractivity contribution >= 4 is 11.6 Å². The van der Waals surface area contributed by atoms with Crippen molar-refractivity contribution in [2.45, 2.75) is 18.8 Å². The van der Waals surface area contributed by atoms with E-state index in [1.54, 1.807) is 18.2 Å². The molecule has 2 unspecified atom stereocenters. The van der Waals surface area contributed by atoms with Crippen LogP contribution in [0.25, 0.3) is 0 Å². The van der Waals surface area contributed by atoms with Gasteiger partial charge in [-0.3, -0.25) is 9.69 Å². The summed E-state index contributed by atoms with van der Waals surface area (Å²) in [5.74, 6) is -0.514. The van der Waals surface area contributed by atoms with Gasteiger partial charge in [0.15, 0.2) is 0 Å². The van der Waals surface area contributed by atoms with Crippen LogP contribution in [0, 0.1) is 0 Å². The van der Waals surface area contributed by atoms with Crippen LogP contribution in [0.2, 0.25) is 0 Å². The van der Waals surface area contributed by atoms with E-state index in [0.717, 1.165) is 5.56 Å². The van der Waals surface area contributed by atoms with E-state index in [-0.39, 0.29) is 0 Å². The Bertz CT molecular complexity index is 454. The average molecular weight is 251 g/mol. The number of carbonyl (C=O) groups is 1. The van der Waals surface area contributed by atoms with Crippen molar-refractivity contribution in [1.82, 2.24) is 4.90 Å². The molecule has 1 aliphatic heterocycles. The molecule has 1 amide bonds. The first-order valence-electron chi connectivity index (χ1n) is 5.74. The van der Waals surface area contributed by atoms with Gasteiger partial charge in [-0.25, -0.2) is 0 Å². The molecule has 1 fully saturated rings. The molecule has 1 saturated heterocycles. The predicted molar refractivity (Wildman–Crippen MR) is 66.7 cm³/mol. The smallest absolute Gasteiger partial charge is 0.248 e. The van der Waals surface area contributed by atoms with Gasteiger partial charge < -0.3 is 21.7 Å². The molecule has 0 spiro atoms. The number of primary amides is 1. The number of benzene rings is 1. The fraction of sp³-hybridized carbons (Fsp3) is 0.417. The lowest BCUT2D eigenvalue weighted by molar-refractivity contribution is 0.0572. The zero-order valence-corrected chi connectivity index (χ0v) is 9.91. The molecule has 1 heterocycles. The first-order valence-corrected chi connectivity index (χ1v) is 5.74. The summed E-state index contributed by atoms with van der Waals surface area (Å²) in [7, 11) is 0. The van der Waals surface area contributed by atoms with Crippen molar-refractivity contribution in [2.75, 3.05) is 18.8 Å². The Morgan fingerprint density at radius 3 is 2.44 bits per heavy atom. The van der Waals surface area contributed by atoms with Crippen molar-refractivity contribution in [2.24, 2.45) is 5.73 Å². The summed E-state index contributed by atoms with van der Waals surface area (Å²) in [5.41, 5.74) is 12.7. The van der Waals surface area contributed by atoms with Crippen LogP contribution in [-0.2, 0) is 6.54 Å². The van der Waals surface area contributed by atoms with Gasteiger partial charge in [-0.1, -0.05) is 6.07 Å². The normalized spacial score (nSPS) is 24.3. The lowest BCUT2D eigenvalue weighted by Gasteiger charge is -2.16. The molecule has 2 rings (SSSR count). The summed E-state index contributed by atoms with van der Waals surface area (Å²) < 4.78 is 0. The number of likely N-dealkylation sites (tertiary alicyclic amines) is 1. The predicted octanol–water partition coefficient (Wildman–Crippen LogP) is -1.09. The summed E-state index contributed by atoms with van der Waals surface area (Å²) >= 11 is 0. The highest BCUT2D eigenvalue weighted by Crippen LogP contribution is 2.19. The topological polar surface area (TPSA) is 113 Å². The Labute approximate surface area is 105 Å². The van der Waals surface area contributed by atoms with Gasteiger partial charge in [-0.2, -0.15) is 0 Å². The molecule has 6 N–H and O–H groups in total. The van der Waals surface area contributed by atoms with Crippen LogP contribution >= 0.6 is 0 Å².